The SMILES string of the molecule is OC1c2cccc3cccc(c23)C12CCCCC2. The van der Waals surface area contributed by atoms with Gasteiger partial charge in [-0.25, -0.2) is 0 Å². The van der Waals surface area contributed by atoms with Gasteiger partial charge in [0.05, 0.1) is 6.10 Å². The van der Waals surface area contributed by atoms with E-state index in [1.54, 1.807) is 0 Å². The lowest BCUT2D eigenvalue weighted by Crippen LogP contribution is -2.32. The lowest BCUT2D eigenvalue weighted by molar-refractivity contribution is 0.0619. The van der Waals surface area contributed by atoms with E-state index in [2.05, 4.69) is 36.4 Å². The minimum absolute atomic E-state index is 0.0153. The van der Waals surface area contributed by atoms with Crippen LogP contribution < -0.4 is 0 Å². The van der Waals surface area contributed by atoms with Crippen LogP contribution in [0.2, 0.25) is 0 Å². The third-order valence-electron chi connectivity index (χ3n) is 5.04. The first kappa shape index (κ1) is 10.6. The predicted octanol–water partition coefficient (Wildman–Crippen LogP) is 4.09. The molecule has 0 radical (unpaired) electrons. The van der Waals surface area contributed by atoms with Crippen LogP contribution in [-0.4, -0.2) is 5.11 Å². The van der Waals surface area contributed by atoms with Crippen molar-refractivity contribution in [1.29, 1.82) is 0 Å². The van der Waals surface area contributed by atoms with Gasteiger partial charge in [-0.1, -0.05) is 55.7 Å². The molecule has 1 atom stereocenters. The van der Waals surface area contributed by atoms with Crippen molar-refractivity contribution >= 4 is 10.8 Å². The molecule has 2 aliphatic carbocycles. The van der Waals surface area contributed by atoms with Gasteiger partial charge >= 0.3 is 0 Å². The van der Waals surface area contributed by atoms with Gasteiger partial charge in [0.1, 0.15) is 0 Å². The lowest BCUT2D eigenvalue weighted by Gasteiger charge is -2.38. The number of hydrogen-bond acceptors (Lipinski definition) is 1. The third-order valence-corrected chi connectivity index (χ3v) is 5.04. The van der Waals surface area contributed by atoms with E-state index in [-0.39, 0.29) is 11.5 Å². The van der Waals surface area contributed by atoms with Gasteiger partial charge in [0.25, 0.3) is 0 Å². The Balaban J connectivity index is 2.04. The van der Waals surface area contributed by atoms with Crippen LogP contribution in [0.3, 0.4) is 0 Å². The highest BCUT2D eigenvalue weighted by atomic mass is 16.3. The summed E-state index contributed by atoms with van der Waals surface area (Å²) in [5, 5.41) is 13.5. The Kier molecular flexibility index (Phi) is 2.10. The van der Waals surface area contributed by atoms with E-state index >= 15 is 0 Å². The van der Waals surface area contributed by atoms with Gasteiger partial charge < -0.3 is 5.11 Å². The second kappa shape index (κ2) is 3.58. The standard InChI is InChI=1S/C17H18O/c18-16-13-8-4-6-12-7-5-9-14(15(12)13)17(16)10-2-1-3-11-17/h4-9,16,18H,1-3,10-11H2. The van der Waals surface area contributed by atoms with E-state index in [1.807, 2.05) is 0 Å². The summed E-state index contributed by atoms with van der Waals surface area (Å²) in [5.74, 6) is 0. The monoisotopic (exact) mass is 238 g/mol. The van der Waals surface area contributed by atoms with Crippen LogP contribution in [0, 0.1) is 0 Å². The highest BCUT2D eigenvalue weighted by molar-refractivity contribution is 5.92. The second-order valence-electron chi connectivity index (χ2n) is 5.87. The minimum atomic E-state index is -0.293. The molecule has 1 N–H and O–H groups in total. The number of benzene rings is 2. The quantitative estimate of drug-likeness (QED) is 0.733. The summed E-state index contributed by atoms with van der Waals surface area (Å²) in [5.41, 5.74) is 2.58. The van der Waals surface area contributed by atoms with Crippen molar-refractivity contribution in [2.24, 2.45) is 0 Å². The maximum atomic E-state index is 10.8. The molecule has 2 aromatic rings. The van der Waals surface area contributed by atoms with Crippen LogP contribution >= 0.6 is 0 Å². The van der Waals surface area contributed by atoms with Crippen LogP contribution in [0.5, 0.6) is 0 Å². The third kappa shape index (κ3) is 1.16. The first-order valence-corrected chi connectivity index (χ1v) is 7.03. The molecule has 92 valence electrons. The molecule has 1 spiro atoms. The maximum Gasteiger partial charge on any atom is 0.0892 e. The molecule has 2 aromatic carbocycles. The summed E-state index contributed by atoms with van der Waals surface area (Å²) in [6, 6.07) is 12.9. The highest BCUT2D eigenvalue weighted by Gasteiger charge is 2.47. The Morgan fingerprint density at radius 2 is 1.67 bits per heavy atom. The summed E-state index contributed by atoms with van der Waals surface area (Å²) in [7, 11) is 0. The van der Waals surface area contributed by atoms with E-state index < -0.39 is 0 Å². The van der Waals surface area contributed by atoms with Crippen LogP contribution in [-0.2, 0) is 5.41 Å². The van der Waals surface area contributed by atoms with Crippen molar-refractivity contribution in [3.63, 3.8) is 0 Å². The summed E-state index contributed by atoms with van der Waals surface area (Å²) in [6.07, 6.45) is 5.81. The fourth-order valence-electron chi connectivity index (χ4n) is 4.18. The van der Waals surface area contributed by atoms with Gasteiger partial charge in [-0.2, -0.15) is 0 Å². The van der Waals surface area contributed by atoms with E-state index in [0.29, 0.717) is 0 Å². The van der Waals surface area contributed by atoms with Crippen molar-refractivity contribution in [2.75, 3.05) is 0 Å². The Labute approximate surface area is 107 Å². The molecule has 0 bridgehead atoms. The van der Waals surface area contributed by atoms with Crippen LogP contribution in [0.15, 0.2) is 36.4 Å². The zero-order valence-corrected chi connectivity index (χ0v) is 10.5. The van der Waals surface area contributed by atoms with Crippen molar-refractivity contribution in [2.45, 2.75) is 43.6 Å². The molecule has 1 heteroatoms. The molecule has 1 unspecified atom stereocenters. The van der Waals surface area contributed by atoms with Gasteiger partial charge in [0.2, 0.25) is 0 Å². The number of aliphatic hydroxyl groups is 1. The largest absolute Gasteiger partial charge is 0.387 e. The lowest BCUT2D eigenvalue weighted by atomic mass is 9.68. The topological polar surface area (TPSA) is 20.2 Å². The first-order chi connectivity index (χ1) is 8.83. The molecule has 0 aromatic heterocycles. The molecule has 0 heterocycles. The van der Waals surface area contributed by atoms with Gasteiger partial charge in [-0.05, 0) is 34.7 Å². The van der Waals surface area contributed by atoms with Crippen molar-refractivity contribution in [3.05, 3.63) is 47.5 Å². The van der Waals surface area contributed by atoms with Gasteiger partial charge in [0, 0.05) is 5.41 Å². The molecule has 4 rings (SSSR count). The smallest absolute Gasteiger partial charge is 0.0892 e. The zero-order valence-electron chi connectivity index (χ0n) is 10.5. The predicted molar refractivity (Wildman–Crippen MR) is 73.7 cm³/mol. The van der Waals surface area contributed by atoms with E-state index in [9.17, 15) is 5.11 Å². The molecule has 1 fully saturated rings. The van der Waals surface area contributed by atoms with Crippen molar-refractivity contribution in [3.8, 4) is 0 Å². The highest BCUT2D eigenvalue weighted by Crippen LogP contribution is 2.56. The molecule has 2 aliphatic rings. The van der Waals surface area contributed by atoms with Crippen molar-refractivity contribution in [1.82, 2.24) is 0 Å². The summed E-state index contributed by atoms with van der Waals surface area (Å²) >= 11 is 0. The van der Waals surface area contributed by atoms with E-state index in [0.717, 1.165) is 18.4 Å². The fourth-order valence-corrected chi connectivity index (χ4v) is 4.18. The Hall–Kier alpha value is -1.34. The van der Waals surface area contributed by atoms with Gasteiger partial charge in [-0.3, -0.25) is 0 Å². The van der Waals surface area contributed by atoms with E-state index in [1.165, 1.54) is 35.6 Å². The summed E-state index contributed by atoms with van der Waals surface area (Å²) < 4.78 is 0. The number of fused-ring (bicyclic) bond motifs is 1. The zero-order chi connectivity index (χ0) is 12.2. The molecule has 18 heavy (non-hydrogen) atoms. The number of aliphatic hydroxyl groups excluding tert-OH is 1. The number of hydrogen-bond donors (Lipinski definition) is 1. The average Bonchev–Trinajstić information content (AvgIpc) is 2.66. The maximum absolute atomic E-state index is 10.8. The van der Waals surface area contributed by atoms with E-state index in [4.69, 9.17) is 0 Å². The summed E-state index contributed by atoms with van der Waals surface area (Å²) in [4.78, 5) is 0. The summed E-state index contributed by atoms with van der Waals surface area (Å²) in [6.45, 7) is 0. The second-order valence-corrected chi connectivity index (χ2v) is 5.87. The normalized spacial score (nSPS) is 24.8. The van der Waals surface area contributed by atoms with Crippen molar-refractivity contribution < 1.29 is 5.11 Å². The van der Waals surface area contributed by atoms with Crippen LogP contribution in [0.25, 0.3) is 10.8 Å². The van der Waals surface area contributed by atoms with Crippen LogP contribution in [0.4, 0.5) is 0 Å². The fraction of sp³-hybridized carbons (Fsp3) is 0.412. The first-order valence-electron chi connectivity index (χ1n) is 7.03. The molecule has 1 nitrogen and oxygen atoms in total. The van der Waals surface area contributed by atoms with Gasteiger partial charge in [0.15, 0.2) is 0 Å². The Morgan fingerprint density at radius 3 is 2.44 bits per heavy atom. The molecule has 0 saturated heterocycles. The Morgan fingerprint density at radius 1 is 0.944 bits per heavy atom. The minimum Gasteiger partial charge on any atom is -0.387 e. The molecule has 1 saturated carbocycles. The van der Waals surface area contributed by atoms with Crippen LogP contribution in [0.1, 0.15) is 49.3 Å². The Bertz CT molecular complexity index is 603. The molecule has 0 aliphatic heterocycles. The average molecular weight is 238 g/mol. The van der Waals surface area contributed by atoms with Gasteiger partial charge in [-0.15, -0.1) is 0 Å². The molecular weight excluding hydrogens is 220 g/mol. The number of rotatable bonds is 0. The molecule has 0 amide bonds. The molecular formula is C17H18O.